The number of aromatic nitrogens is 1. The third-order valence-corrected chi connectivity index (χ3v) is 7.21. The zero-order valence-corrected chi connectivity index (χ0v) is 23.9. The molecule has 1 aliphatic carbocycles. The van der Waals surface area contributed by atoms with Crippen molar-refractivity contribution in [2.75, 3.05) is 13.7 Å². The lowest BCUT2D eigenvalue weighted by Crippen LogP contribution is -2.35. The molecule has 1 saturated carbocycles. The predicted molar refractivity (Wildman–Crippen MR) is 162 cm³/mol. The minimum atomic E-state index is -0.763. The summed E-state index contributed by atoms with van der Waals surface area (Å²) in [6, 6.07) is 20.1. The summed E-state index contributed by atoms with van der Waals surface area (Å²) in [4.78, 5) is 29.1. The van der Waals surface area contributed by atoms with Gasteiger partial charge in [-0.05, 0) is 74.2 Å². The van der Waals surface area contributed by atoms with Crippen LogP contribution in [-0.2, 0) is 9.53 Å². The van der Waals surface area contributed by atoms with Crippen molar-refractivity contribution in [3.05, 3.63) is 90.1 Å². The standard InChI is InChI=1S/C33H34N4O6/c1-40-29-19-25-27(20-30(29)41-18-16-26(34)33(39)43-23-9-5-6-10-23)36-17-15-28(25)42-24-13-11-21(12-14-24)31(35)37-32(38)22-7-3-2-4-8-22/h2-4,7-8,11-15,17,19-20,23,26H,5-6,9-10,16,18,34H2,1H3,(H2,35,37,38)/t26-/m0/s1. The van der Waals surface area contributed by atoms with Gasteiger partial charge in [0.1, 0.15) is 29.5 Å². The van der Waals surface area contributed by atoms with Crippen molar-refractivity contribution in [1.82, 2.24) is 10.3 Å². The molecule has 0 bridgehead atoms. The van der Waals surface area contributed by atoms with Crippen LogP contribution in [0.4, 0.5) is 0 Å². The van der Waals surface area contributed by atoms with Gasteiger partial charge in [-0.3, -0.25) is 20.0 Å². The number of amidine groups is 1. The Kier molecular flexibility index (Phi) is 9.48. The first-order valence-electron chi connectivity index (χ1n) is 14.2. The summed E-state index contributed by atoms with van der Waals surface area (Å²) in [5.74, 6) is 1.27. The molecule has 0 spiro atoms. The molecule has 1 amide bonds. The summed E-state index contributed by atoms with van der Waals surface area (Å²) in [6.07, 6.45) is 5.85. The molecule has 10 heteroatoms. The number of ether oxygens (including phenoxy) is 4. The zero-order valence-electron chi connectivity index (χ0n) is 23.9. The molecule has 0 saturated heterocycles. The fraction of sp³-hybridized carbons (Fsp3) is 0.273. The smallest absolute Gasteiger partial charge is 0.323 e. The highest BCUT2D eigenvalue weighted by Gasteiger charge is 2.23. The van der Waals surface area contributed by atoms with Gasteiger partial charge in [-0.15, -0.1) is 0 Å². The molecule has 4 aromatic rings. The lowest BCUT2D eigenvalue weighted by Gasteiger charge is -2.17. The van der Waals surface area contributed by atoms with Crippen molar-refractivity contribution in [3.8, 4) is 23.0 Å². The Balaban J connectivity index is 1.22. The molecule has 1 heterocycles. The summed E-state index contributed by atoms with van der Waals surface area (Å²) in [5, 5.41) is 11.6. The molecule has 3 aromatic carbocycles. The van der Waals surface area contributed by atoms with Crippen molar-refractivity contribution in [1.29, 1.82) is 5.41 Å². The average molecular weight is 583 g/mol. The summed E-state index contributed by atoms with van der Waals surface area (Å²) in [7, 11) is 1.54. The van der Waals surface area contributed by atoms with Crippen molar-refractivity contribution >= 4 is 28.6 Å². The van der Waals surface area contributed by atoms with Gasteiger partial charge in [0, 0.05) is 35.2 Å². The zero-order chi connectivity index (χ0) is 30.2. The SMILES string of the molecule is COc1cc2c(Oc3ccc(C(=N)NC(=O)c4ccccc4)cc3)ccnc2cc1OCC[C@H](N)C(=O)OC1CCCC1. The van der Waals surface area contributed by atoms with Gasteiger partial charge in [0.15, 0.2) is 11.5 Å². The van der Waals surface area contributed by atoms with E-state index in [1.54, 1.807) is 80.0 Å². The number of esters is 1. The van der Waals surface area contributed by atoms with Gasteiger partial charge in [-0.25, -0.2) is 0 Å². The average Bonchev–Trinajstić information content (AvgIpc) is 3.54. The minimum absolute atomic E-state index is 0.0151. The Hall–Kier alpha value is -4.96. The van der Waals surface area contributed by atoms with Crippen LogP contribution < -0.4 is 25.3 Å². The Bertz CT molecular complexity index is 1590. The molecule has 222 valence electrons. The number of methoxy groups -OCH3 is 1. The number of nitrogens with two attached hydrogens (primary N) is 1. The molecule has 43 heavy (non-hydrogen) atoms. The Morgan fingerprint density at radius 3 is 2.44 bits per heavy atom. The molecular formula is C33H34N4O6. The van der Waals surface area contributed by atoms with Gasteiger partial charge >= 0.3 is 5.97 Å². The van der Waals surface area contributed by atoms with Gasteiger partial charge in [-0.2, -0.15) is 0 Å². The summed E-state index contributed by atoms with van der Waals surface area (Å²) in [6.45, 7) is 0.201. The lowest BCUT2D eigenvalue weighted by molar-refractivity contribution is -0.150. The number of carbonyl (C=O) groups is 2. The van der Waals surface area contributed by atoms with E-state index in [0.29, 0.717) is 51.4 Å². The van der Waals surface area contributed by atoms with Crippen molar-refractivity contribution in [2.45, 2.75) is 44.2 Å². The van der Waals surface area contributed by atoms with Crippen LogP contribution in [0.25, 0.3) is 10.9 Å². The van der Waals surface area contributed by atoms with Crippen LogP contribution in [0.2, 0.25) is 0 Å². The van der Waals surface area contributed by atoms with Gasteiger partial charge in [-0.1, -0.05) is 18.2 Å². The maximum absolute atomic E-state index is 12.4. The topological polar surface area (TPSA) is 146 Å². The maximum atomic E-state index is 12.4. The number of fused-ring (bicyclic) bond motifs is 1. The molecular weight excluding hydrogens is 548 g/mol. The molecule has 4 N–H and O–H groups in total. The molecule has 0 unspecified atom stereocenters. The van der Waals surface area contributed by atoms with Gasteiger partial charge in [0.25, 0.3) is 5.91 Å². The second kappa shape index (κ2) is 13.8. The van der Waals surface area contributed by atoms with Crippen LogP contribution in [0.15, 0.2) is 79.0 Å². The first-order chi connectivity index (χ1) is 20.9. The first-order valence-corrected chi connectivity index (χ1v) is 14.2. The highest BCUT2D eigenvalue weighted by atomic mass is 16.5. The van der Waals surface area contributed by atoms with E-state index in [-0.39, 0.29) is 24.5 Å². The first kappa shape index (κ1) is 29.5. The number of rotatable bonds is 11. The molecule has 0 radical (unpaired) electrons. The van der Waals surface area contributed by atoms with E-state index in [1.165, 1.54) is 0 Å². The third-order valence-electron chi connectivity index (χ3n) is 7.21. The van der Waals surface area contributed by atoms with Crippen LogP contribution >= 0.6 is 0 Å². The number of pyridine rings is 1. The highest BCUT2D eigenvalue weighted by Crippen LogP contribution is 2.37. The van der Waals surface area contributed by atoms with Gasteiger partial charge < -0.3 is 30.0 Å². The van der Waals surface area contributed by atoms with E-state index >= 15 is 0 Å². The van der Waals surface area contributed by atoms with Crippen LogP contribution in [-0.4, -0.2) is 48.6 Å². The number of nitrogens with zero attached hydrogens (tertiary/aromatic N) is 1. The number of carbonyl (C=O) groups excluding carboxylic acids is 2. The summed E-state index contributed by atoms with van der Waals surface area (Å²) >= 11 is 0. The van der Waals surface area contributed by atoms with Crippen LogP contribution in [0, 0.1) is 5.41 Å². The second-order valence-corrected chi connectivity index (χ2v) is 10.2. The number of nitrogens with one attached hydrogen (secondary N) is 2. The molecule has 10 nitrogen and oxygen atoms in total. The molecule has 0 aliphatic heterocycles. The van der Waals surface area contributed by atoms with E-state index < -0.39 is 12.0 Å². The fourth-order valence-corrected chi connectivity index (χ4v) is 4.83. The number of amides is 1. The quantitative estimate of drug-likeness (QED) is 0.122. The number of hydrogen-bond acceptors (Lipinski definition) is 9. The Labute approximate surface area is 249 Å². The minimum Gasteiger partial charge on any atom is -0.493 e. The van der Waals surface area contributed by atoms with Crippen molar-refractivity contribution < 1.29 is 28.5 Å². The van der Waals surface area contributed by atoms with Crippen LogP contribution in [0.5, 0.6) is 23.0 Å². The van der Waals surface area contributed by atoms with Crippen LogP contribution in [0.1, 0.15) is 48.0 Å². The Morgan fingerprint density at radius 2 is 1.72 bits per heavy atom. The van der Waals surface area contributed by atoms with E-state index in [9.17, 15) is 9.59 Å². The molecule has 1 fully saturated rings. The summed E-state index contributed by atoms with van der Waals surface area (Å²) < 4.78 is 23.1. The Morgan fingerprint density at radius 1 is 0.977 bits per heavy atom. The van der Waals surface area contributed by atoms with E-state index in [4.69, 9.17) is 30.1 Å². The van der Waals surface area contributed by atoms with Crippen molar-refractivity contribution in [2.24, 2.45) is 5.73 Å². The van der Waals surface area contributed by atoms with E-state index in [1.807, 2.05) is 6.07 Å². The van der Waals surface area contributed by atoms with Gasteiger partial charge in [0.05, 0.1) is 19.2 Å². The van der Waals surface area contributed by atoms with E-state index in [2.05, 4.69) is 10.3 Å². The highest BCUT2D eigenvalue weighted by molar-refractivity contribution is 6.11. The molecule has 1 aliphatic rings. The second-order valence-electron chi connectivity index (χ2n) is 10.2. The largest absolute Gasteiger partial charge is 0.493 e. The van der Waals surface area contributed by atoms with E-state index in [0.717, 1.165) is 25.7 Å². The maximum Gasteiger partial charge on any atom is 0.323 e. The third kappa shape index (κ3) is 7.47. The number of hydrogen-bond donors (Lipinski definition) is 3. The molecule has 1 aromatic heterocycles. The monoisotopic (exact) mass is 582 g/mol. The lowest BCUT2D eigenvalue weighted by atomic mass is 10.1. The van der Waals surface area contributed by atoms with Gasteiger partial charge in [0.2, 0.25) is 0 Å². The summed E-state index contributed by atoms with van der Waals surface area (Å²) in [5.41, 5.74) is 7.67. The fourth-order valence-electron chi connectivity index (χ4n) is 4.83. The predicted octanol–water partition coefficient (Wildman–Crippen LogP) is 5.37. The number of benzene rings is 3. The molecule has 1 atom stereocenters. The normalized spacial score (nSPS) is 13.7. The van der Waals surface area contributed by atoms with Crippen molar-refractivity contribution in [3.63, 3.8) is 0 Å². The van der Waals surface area contributed by atoms with Crippen LogP contribution in [0.3, 0.4) is 0 Å². The molecule has 5 rings (SSSR count).